The number of piperazine rings is 2. The van der Waals surface area contributed by atoms with Gasteiger partial charge in [0.25, 0.3) is 17.7 Å². The smallest absolute Gasteiger partial charge is 0.410 e. The third-order valence-electron chi connectivity index (χ3n) is 25.1. The number of aromatic carboxylic acids is 1. The highest BCUT2D eigenvalue weighted by molar-refractivity contribution is 9.10. The number of nitrogen functional groups attached to an aromatic ring is 4. The number of rotatable bonds is 26. The maximum absolute atomic E-state index is 13.3. The second-order valence-electron chi connectivity index (χ2n) is 37.2. The fourth-order valence-corrected chi connectivity index (χ4v) is 17.2. The summed E-state index contributed by atoms with van der Waals surface area (Å²) in [5, 5.41) is 38.1. The molecule has 18 rings (SSSR count). The number of carboxylic acids is 1. The van der Waals surface area contributed by atoms with E-state index in [2.05, 4.69) is 213 Å². The topological polar surface area (TPSA) is 437 Å². The molecular formula is C103H123BrN26O10. The molecule has 4 amide bonds. The first-order valence-electron chi connectivity index (χ1n) is 46.6. The number of nitrogens with two attached hydrogens (primary N) is 4. The number of benzene rings is 5. The van der Waals surface area contributed by atoms with E-state index in [1.807, 2.05) is 91.8 Å². The van der Waals surface area contributed by atoms with E-state index in [1.165, 1.54) is 45.6 Å². The van der Waals surface area contributed by atoms with E-state index in [9.17, 15) is 24.0 Å². The molecule has 0 aliphatic carbocycles. The zero-order chi connectivity index (χ0) is 98.8. The van der Waals surface area contributed by atoms with Crippen molar-refractivity contribution >= 4 is 69.0 Å². The summed E-state index contributed by atoms with van der Waals surface area (Å²) in [4.78, 5) is 93.6. The first-order valence-corrected chi connectivity index (χ1v) is 47.4. The van der Waals surface area contributed by atoms with E-state index >= 15 is 0 Å². The summed E-state index contributed by atoms with van der Waals surface area (Å²) in [5.41, 5.74) is 41.0. The highest BCUT2D eigenvalue weighted by Gasteiger charge is 2.40. The number of anilines is 4. The first kappa shape index (κ1) is 100. The number of ether oxygens (including phenoxy) is 4. The number of nitrogens with one attached hydrogen (secondary N) is 4. The molecular weight excluding hydrogens is 1840 g/mol. The zero-order valence-electron chi connectivity index (χ0n) is 80.5. The summed E-state index contributed by atoms with van der Waals surface area (Å²) in [6, 6.07) is 48.5. The summed E-state index contributed by atoms with van der Waals surface area (Å²) in [6.45, 7) is 20.9. The van der Waals surface area contributed by atoms with E-state index < -0.39 is 35.7 Å². The number of likely N-dealkylation sites (N-methyl/N-ethyl adjacent to an activating group) is 3. The van der Waals surface area contributed by atoms with Crippen molar-refractivity contribution in [3.8, 4) is 66.8 Å². The molecule has 13 heterocycles. The van der Waals surface area contributed by atoms with Crippen LogP contribution in [0.4, 0.5) is 28.1 Å². The molecule has 0 radical (unpaired) electrons. The van der Waals surface area contributed by atoms with Crippen LogP contribution in [0.15, 0.2) is 224 Å². The Bertz CT molecular complexity index is 6390. The Balaban J connectivity index is 0.000000147. The van der Waals surface area contributed by atoms with E-state index in [-0.39, 0.29) is 83.6 Å². The number of halogens is 1. The fraction of sp³-hybridized carbons (Fsp3) is 0.350. The lowest BCUT2D eigenvalue weighted by Crippen LogP contribution is -2.44. The number of carboxylic acid groups (broad SMARTS) is 1. The molecule has 13 aromatic rings. The van der Waals surface area contributed by atoms with Crippen LogP contribution in [0.25, 0.3) is 66.8 Å². The van der Waals surface area contributed by atoms with Gasteiger partial charge in [0, 0.05) is 225 Å². The molecule has 5 fully saturated rings. The quantitative estimate of drug-likeness (QED) is 0.0243. The van der Waals surface area contributed by atoms with Crippen molar-refractivity contribution in [3.05, 3.63) is 274 Å². The molecule has 5 aliphatic rings. The summed E-state index contributed by atoms with van der Waals surface area (Å²) in [6.07, 6.45) is 19.4. The standard InChI is InChI=1S/C34H42N8O2.C33H40N8O2.C26H31BrN6O4.C10H10N4O2/c1-39-12-14-42(15-13-39)19-24-4-8-26(9-5-24)27-10-6-25(7-11-27)23-44-32-22-40(2)21-31(32)38-34(43)30-16-28(17-36-33(30)35)29-18-37-41(3)20-29;1-39-11-13-41(14-12-39)20-23-3-7-25(8-4-23)26-9-5-24(6-10-26)22-43-31-19-35-18-30(31)38-33(42)29-15-27(16-36-32(29)34)28-17-37-40(2)21-28;1-26(2,3)37-25(35)33-13-21(22(14-33)36-15-16-5-7-19(27)8-6-16)31-24(34)20-9-17(10-29-23(20)28)18-11-30-32(4)12-18;1-14-5-7(4-13-14)6-2-8(10(15)16)9(11)12-3-6/h4-11,16-18,20,31-32H,12-15,19,21-23H2,1-3H3,(H2,35,36)(H,38,43);3-10,15-17,21,30-31,35H,11-14,18-20,22H2,1-2H3,(H2,34,36)(H,38,42);5-12,21-22H,13-15H2,1-4H3,(H2,28,29)(H,31,34);2-5H,1H3,(H2,11,12)(H,15,16)/t31-,32-;30-,31-;21-,22-;/m000./s1. The summed E-state index contributed by atoms with van der Waals surface area (Å²) < 4.78 is 32.0. The highest BCUT2D eigenvalue weighted by atomic mass is 79.9. The first-order chi connectivity index (χ1) is 67.3. The van der Waals surface area contributed by atoms with Crippen LogP contribution >= 0.6 is 15.9 Å². The van der Waals surface area contributed by atoms with Gasteiger partial charge in [-0.05, 0) is 128 Å². The molecule has 5 aliphatic heterocycles. The van der Waals surface area contributed by atoms with Crippen molar-refractivity contribution in [3.63, 3.8) is 0 Å². The Kier molecular flexibility index (Phi) is 33.1. The van der Waals surface area contributed by atoms with Crippen molar-refractivity contribution in [2.24, 2.45) is 28.2 Å². The van der Waals surface area contributed by atoms with Gasteiger partial charge in [-0.25, -0.2) is 29.5 Å². The number of aryl methyl sites for hydroxylation is 4. The van der Waals surface area contributed by atoms with Crippen molar-refractivity contribution in [1.29, 1.82) is 0 Å². The Hall–Kier alpha value is -14.0. The fourth-order valence-electron chi connectivity index (χ4n) is 17.0. The minimum atomic E-state index is -1.09. The lowest BCUT2D eigenvalue weighted by atomic mass is 10.0. The zero-order valence-corrected chi connectivity index (χ0v) is 82.1. The number of amides is 4. The lowest BCUT2D eigenvalue weighted by Gasteiger charge is -2.32. The average molecular weight is 1970 g/mol. The number of nitrogens with zero attached hydrogens (tertiary/aromatic N) is 18. The van der Waals surface area contributed by atoms with Gasteiger partial charge in [0.15, 0.2) is 0 Å². The molecule has 732 valence electrons. The molecule has 5 saturated heterocycles. The van der Waals surface area contributed by atoms with E-state index in [0.717, 1.165) is 132 Å². The van der Waals surface area contributed by atoms with Crippen LogP contribution in [0.1, 0.15) is 90.0 Å². The van der Waals surface area contributed by atoms with Crippen molar-refractivity contribution in [1.82, 2.24) is 110 Å². The van der Waals surface area contributed by atoms with Gasteiger partial charge in [-0.1, -0.05) is 125 Å². The summed E-state index contributed by atoms with van der Waals surface area (Å²) in [7, 11) is 13.7. The molecule has 36 nitrogen and oxygen atoms in total. The molecule has 0 saturated carbocycles. The molecule has 37 heteroatoms. The van der Waals surface area contributed by atoms with Crippen LogP contribution in [-0.4, -0.2) is 278 Å². The number of carbonyl (C=O) groups is 5. The lowest BCUT2D eigenvalue weighted by molar-refractivity contribution is 0.0158. The van der Waals surface area contributed by atoms with E-state index in [4.69, 9.17) is 47.0 Å². The summed E-state index contributed by atoms with van der Waals surface area (Å²) >= 11 is 3.43. The normalized spacial score (nSPS) is 18.0. The van der Waals surface area contributed by atoms with Gasteiger partial charge < -0.3 is 87.9 Å². The average Bonchev–Trinajstić information content (AvgIpc) is 1.72. The van der Waals surface area contributed by atoms with Crippen LogP contribution in [0.3, 0.4) is 0 Å². The molecule has 6 atom stereocenters. The minimum Gasteiger partial charge on any atom is -0.478 e. The van der Waals surface area contributed by atoms with Crippen LogP contribution in [0, 0.1) is 0 Å². The van der Waals surface area contributed by atoms with Gasteiger partial charge in [0.05, 0.1) is 104 Å². The maximum atomic E-state index is 13.3. The van der Waals surface area contributed by atoms with Gasteiger partial charge in [-0.15, -0.1) is 0 Å². The Morgan fingerprint density at radius 3 is 1.05 bits per heavy atom. The largest absolute Gasteiger partial charge is 0.478 e. The number of likely N-dealkylation sites (tertiary alicyclic amines) is 2. The van der Waals surface area contributed by atoms with E-state index in [1.54, 1.807) is 98.4 Å². The highest BCUT2D eigenvalue weighted by Crippen LogP contribution is 2.32. The molecule has 0 bridgehead atoms. The molecule has 8 aromatic heterocycles. The molecule has 0 spiro atoms. The Morgan fingerprint density at radius 2 is 0.700 bits per heavy atom. The van der Waals surface area contributed by atoms with Gasteiger partial charge >= 0.3 is 12.1 Å². The number of aromatic nitrogens is 12. The minimum absolute atomic E-state index is 0.00125. The van der Waals surface area contributed by atoms with Gasteiger partial charge in [0.1, 0.15) is 34.4 Å². The predicted molar refractivity (Wildman–Crippen MR) is 541 cm³/mol. The van der Waals surface area contributed by atoms with Crippen LogP contribution in [-0.2, 0) is 80.0 Å². The number of hydrogen-bond acceptors (Lipinski definition) is 27. The molecule has 5 aromatic carbocycles. The molecule has 13 N–H and O–H groups in total. The number of carbonyl (C=O) groups excluding carboxylic acids is 4. The Labute approximate surface area is 822 Å². The third kappa shape index (κ3) is 27.3. The second-order valence-corrected chi connectivity index (χ2v) is 38.1. The molecule has 140 heavy (non-hydrogen) atoms. The van der Waals surface area contributed by atoms with E-state index in [0.29, 0.717) is 56.1 Å². The SMILES string of the molecule is CN1CCN(Cc2ccc(-c3ccc(CO[C@H]4CN(C)C[C@@H]4NC(=O)c4cc(-c5cnn(C)c5)cnc4N)cc3)cc2)CC1.CN1CCN(Cc2ccc(-c3ccc(CO[C@H]4CNC[C@@H]4NC(=O)c4cc(-c5cnn(C)c5)cnc4N)cc3)cc2)CC1.Cn1cc(-c2cnc(N)c(C(=O)N[C@H]3CN(C(=O)OC(C)(C)C)C[C@@H]3OCc3ccc(Br)cc3)c2)cn1.Cn1cc(-c2cnc(N)c(C(=O)O)c2)cn1. The summed E-state index contributed by atoms with van der Waals surface area (Å²) in [5.74, 6) is -1.49. The van der Waals surface area contributed by atoms with Gasteiger partial charge in [-0.3, -0.25) is 42.9 Å². The monoisotopic (exact) mass is 1960 g/mol. The number of pyridine rings is 4. The van der Waals surface area contributed by atoms with Crippen molar-refractivity contribution in [2.45, 2.75) is 95.7 Å². The van der Waals surface area contributed by atoms with Crippen LogP contribution in [0.2, 0.25) is 0 Å². The van der Waals surface area contributed by atoms with Gasteiger partial charge in [0.2, 0.25) is 0 Å². The van der Waals surface area contributed by atoms with Gasteiger partial charge in [-0.2, -0.15) is 20.4 Å². The van der Waals surface area contributed by atoms with Crippen molar-refractivity contribution < 1.29 is 48.0 Å². The van der Waals surface area contributed by atoms with Crippen LogP contribution < -0.4 is 44.2 Å². The predicted octanol–water partition coefficient (Wildman–Crippen LogP) is 10.4. The maximum Gasteiger partial charge on any atom is 0.410 e. The van der Waals surface area contributed by atoms with Crippen molar-refractivity contribution in [2.75, 3.05) is 136 Å². The second kappa shape index (κ2) is 46.2. The van der Waals surface area contributed by atoms with Crippen LogP contribution in [0.5, 0.6) is 0 Å². The molecule has 0 unspecified atom stereocenters. The number of hydrogen-bond donors (Lipinski definition) is 9. The Morgan fingerprint density at radius 1 is 0.379 bits per heavy atom. The third-order valence-corrected chi connectivity index (χ3v) is 25.6.